The van der Waals surface area contributed by atoms with Crippen molar-refractivity contribution in [3.63, 3.8) is 0 Å². The predicted octanol–water partition coefficient (Wildman–Crippen LogP) is 1.20. The van der Waals surface area contributed by atoms with E-state index in [1.54, 1.807) is 0 Å². The average molecular weight is 297 g/mol. The number of anilines is 1. The third kappa shape index (κ3) is 2.14. The smallest absolute Gasteiger partial charge is 0.235 e. The molecule has 5 nitrogen and oxygen atoms in total. The van der Waals surface area contributed by atoms with Crippen LogP contribution in [0.4, 0.5) is 5.00 Å². The quantitative estimate of drug-likeness (QED) is 0.845. The van der Waals surface area contributed by atoms with Crippen LogP contribution in [0, 0.1) is 11.3 Å². The van der Waals surface area contributed by atoms with Gasteiger partial charge in [0.2, 0.25) is 10.0 Å². The summed E-state index contributed by atoms with van der Waals surface area (Å²) in [6.07, 6.45) is 2.39. The molecule has 0 bridgehead atoms. The highest BCUT2D eigenvalue weighted by Gasteiger charge is 2.32. The number of nitrogens with zero attached hydrogens (tertiary/aromatic N) is 2. The molecule has 2 aliphatic rings. The summed E-state index contributed by atoms with van der Waals surface area (Å²) in [4.78, 5) is 1.11. The van der Waals surface area contributed by atoms with Crippen molar-refractivity contribution in [3.05, 3.63) is 16.0 Å². The molecule has 1 fully saturated rings. The summed E-state index contributed by atoms with van der Waals surface area (Å²) in [7, 11) is -3.24. The van der Waals surface area contributed by atoms with Crippen LogP contribution in [0.15, 0.2) is 0 Å². The van der Waals surface area contributed by atoms with Gasteiger partial charge in [-0.15, -0.1) is 11.3 Å². The van der Waals surface area contributed by atoms with Gasteiger partial charge in [-0.3, -0.25) is 4.31 Å². The van der Waals surface area contributed by atoms with Crippen LogP contribution < -0.4 is 9.62 Å². The van der Waals surface area contributed by atoms with E-state index in [0.29, 0.717) is 23.5 Å². The molecule has 3 heterocycles. The second kappa shape index (κ2) is 4.78. The monoisotopic (exact) mass is 297 g/mol. The number of sulfonamides is 1. The number of thiophene rings is 1. The molecule has 0 radical (unpaired) electrons. The number of nitriles is 1. The number of fused-ring (bicyclic) bond motifs is 1. The summed E-state index contributed by atoms with van der Waals surface area (Å²) >= 11 is 1.46. The highest BCUT2D eigenvalue weighted by molar-refractivity contribution is 7.93. The van der Waals surface area contributed by atoms with E-state index in [9.17, 15) is 13.7 Å². The van der Waals surface area contributed by atoms with Gasteiger partial charge in [0, 0.05) is 18.0 Å². The molecule has 0 saturated carbocycles. The maximum absolute atomic E-state index is 12.2. The average Bonchev–Trinajstić information content (AvgIpc) is 2.76. The van der Waals surface area contributed by atoms with Crippen molar-refractivity contribution in [1.82, 2.24) is 5.32 Å². The molecule has 0 amide bonds. The summed E-state index contributed by atoms with van der Waals surface area (Å²) in [5.41, 5.74) is 1.62. The summed E-state index contributed by atoms with van der Waals surface area (Å²) in [6, 6.07) is 2.22. The van der Waals surface area contributed by atoms with Crippen LogP contribution in [0.2, 0.25) is 0 Å². The number of nitrogens with one attached hydrogen (secondary N) is 1. The Hall–Kier alpha value is -1.10. The van der Waals surface area contributed by atoms with E-state index in [0.717, 1.165) is 36.4 Å². The van der Waals surface area contributed by atoms with E-state index < -0.39 is 10.0 Å². The third-order valence-corrected chi connectivity index (χ3v) is 6.81. The first-order valence-electron chi connectivity index (χ1n) is 6.39. The molecule has 1 aromatic heterocycles. The maximum Gasteiger partial charge on any atom is 0.235 e. The second-order valence-corrected chi connectivity index (χ2v) is 7.91. The lowest BCUT2D eigenvalue weighted by atomic mass is 10.1. The lowest BCUT2D eigenvalue weighted by Gasteiger charge is -2.27. The molecule has 1 saturated heterocycles. The molecular formula is C12H15N3O2S2. The molecule has 0 aromatic carbocycles. The first-order chi connectivity index (χ1) is 9.13. The molecule has 0 unspecified atom stereocenters. The molecule has 0 aliphatic carbocycles. The number of hydrogen-bond acceptors (Lipinski definition) is 5. The van der Waals surface area contributed by atoms with Gasteiger partial charge < -0.3 is 5.32 Å². The number of hydrogen-bond donors (Lipinski definition) is 1. The summed E-state index contributed by atoms with van der Waals surface area (Å²) < 4.78 is 25.8. The van der Waals surface area contributed by atoms with Crippen LogP contribution in [0.25, 0.3) is 0 Å². The van der Waals surface area contributed by atoms with Gasteiger partial charge in [0.1, 0.15) is 11.1 Å². The normalized spacial score (nSPS) is 21.7. The van der Waals surface area contributed by atoms with Gasteiger partial charge in [-0.2, -0.15) is 5.26 Å². The fourth-order valence-corrected chi connectivity index (χ4v) is 5.82. The van der Waals surface area contributed by atoms with Crippen molar-refractivity contribution in [2.24, 2.45) is 0 Å². The van der Waals surface area contributed by atoms with Crippen LogP contribution in [0.5, 0.6) is 0 Å². The largest absolute Gasteiger partial charge is 0.312 e. The Morgan fingerprint density at radius 3 is 2.95 bits per heavy atom. The summed E-state index contributed by atoms with van der Waals surface area (Å²) in [5, 5.41) is 13.3. The van der Waals surface area contributed by atoms with Gasteiger partial charge in [-0.05, 0) is 31.4 Å². The highest BCUT2D eigenvalue weighted by Crippen LogP contribution is 2.39. The van der Waals surface area contributed by atoms with E-state index in [1.807, 2.05) is 0 Å². The molecule has 0 atom stereocenters. The number of rotatable bonds is 1. The Morgan fingerprint density at radius 2 is 2.21 bits per heavy atom. The van der Waals surface area contributed by atoms with Crippen LogP contribution in [-0.4, -0.2) is 27.3 Å². The van der Waals surface area contributed by atoms with Crippen LogP contribution in [-0.2, 0) is 23.0 Å². The Bertz CT molecular complexity index is 643. The van der Waals surface area contributed by atoms with E-state index >= 15 is 0 Å². The zero-order valence-corrected chi connectivity index (χ0v) is 12.1. The van der Waals surface area contributed by atoms with E-state index in [-0.39, 0.29) is 5.75 Å². The first kappa shape index (κ1) is 12.9. The highest BCUT2D eigenvalue weighted by atomic mass is 32.2. The first-order valence-corrected chi connectivity index (χ1v) is 8.82. The Balaban J connectivity index is 2.10. The molecule has 2 aliphatic heterocycles. The molecule has 7 heteroatoms. The molecular weight excluding hydrogens is 282 g/mol. The van der Waals surface area contributed by atoms with Crippen LogP contribution in [0.1, 0.15) is 28.8 Å². The maximum atomic E-state index is 12.2. The zero-order chi connectivity index (χ0) is 13.5. The lowest BCUT2D eigenvalue weighted by Crippen LogP contribution is -2.37. The minimum absolute atomic E-state index is 0.193. The van der Waals surface area contributed by atoms with Crippen LogP contribution >= 0.6 is 11.3 Å². The molecule has 1 N–H and O–H groups in total. The lowest BCUT2D eigenvalue weighted by molar-refractivity contribution is 0.575. The van der Waals surface area contributed by atoms with Gasteiger partial charge in [-0.25, -0.2) is 8.42 Å². The molecule has 102 valence electrons. The Morgan fingerprint density at radius 1 is 1.37 bits per heavy atom. The third-order valence-electron chi connectivity index (χ3n) is 3.60. The standard InChI is InChI=1S/C12H15N3O2S2/c13-7-10-9-3-4-14-8-11(9)18-12(10)15-5-1-2-6-19(15,16)17/h14H,1-6,8H2. The van der Waals surface area contributed by atoms with Crippen molar-refractivity contribution >= 4 is 26.4 Å². The SMILES string of the molecule is N#Cc1c(N2CCCCS2(=O)=O)sc2c1CCNC2. The minimum Gasteiger partial charge on any atom is -0.312 e. The van der Waals surface area contributed by atoms with E-state index in [1.165, 1.54) is 15.6 Å². The van der Waals surface area contributed by atoms with Gasteiger partial charge in [0.05, 0.1) is 11.3 Å². The topological polar surface area (TPSA) is 73.2 Å². The van der Waals surface area contributed by atoms with Crippen molar-refractivity contribution in [3.8, 4) is 6.07 Å². The van der Waals surface area contributed by atoms with E-state index in [2.05, 4.69) is 11.4 Å². The van der Waals surface area contributed by atoms with Gasteiger partial charge in [0.25, 0.3) is 0 Å². The Labute approximate surface area is 116 Å². The summed E-state index contributed by atoms with van der Waals surface area (Å²) in [5.74, 6) is 0.193. The van der Waals surface area contributed by atoms with Crippen molar-refractivity contribution in [2.75, 3.05) is 23.1 Å². The zero-order valence-electron chi connectivity index (χ0n) is 10.5. The Kier molecular flexibility index (Phi) is 3.25. The van der Waals surface area contributed by atoms with Gasteiger partial charge >= 0.3 is 0 Å². The minimum atomic E-state index is -3.24. The van der Waals surface area contributed by atoms with Crippen molar-refractivity contribution in [2.45, 2.75) is 25.8 Å². The molecule has 0 spiro atoms. The van der Waals surface area contributed by atoms with Gasteiger partial charge in [0.15, 0.2) is 0 Å². The van der Waals surface area contributed by atoms with Crippen molar-refractivity contribution < 1.29 is 8.42 Å². The van der Waals surface area contributed by atoms with Gasteiger partial charge in [-0.1, -0.05) is 0 Å². The van der Waals surface area contributed by atoms with Crippen molar-refractivity contribution in [1.29, 1.82) is 5.26 Å². The summed E-state index contributed by atoms with van der Waals surface area (Å²) in [6.45, 7) is 2.09. The van der Waals surface area contributed by atoms with E-state index in [4.69, 9.17) is 0 Å². The molecule has 1 aromatic rings. The fraction of sp³-hybridized carbons (Fsp3) is 0.583. The second-order valence-electron chi connectivity index (χ2n) is 4.82. The predicted molar refractivity (Wildman–Crippen MR) is 74.8 cm³/mol. The molecule has 19 heavy (non-hydrogen) atoms. The fourth-order valence-electron chi connectivity index (χ4n) is 2.63. The molecule has 3 rings (SSSR count). The van der Waals surface area contributed by atoms with Crippen LogP contribution in [0.3, 0.4) is 0 Å².